The molecular formula is C17H34O4. The molecule has 2 fully saturated rings. The summed E-state index contributed by atoms with van der Waals surface area (Å²) in [4.78, 5) is 10.2. The summed E-state index contributed by atoms with van der Waals surface area (Å²) in [5.41, 5.74) is 0. The van der Waals surface area contributed by atoms with Crippen molar-refractivity contribution in [3.63, 3.8) is 0 Å². The van der Waals surface area contributed by atoms with Crippen molar-refractivity contribution < 1.29 is 19.4 Å². The topological polar surface area (TPSA) is 62.4 Å². The van der Waals surface area contributed by atoms with Gasteiger partial charge in [-0.1, -0.05) is 58.3 Å². The molecule has 2 aliphatic rings. The van der Waals surface area contributed by atoms with Crippen molar-refractivity contribution in [1.82, 2.24) is 0 Å². The zero-order valence-electron chi connectivity index (χ0n) is 13.9. The predicted octanol–water partition coefficient (Wildman–Crippen LogP) is 4.41. The summed E-state index contributed by atoms with van der Waals surface area (Å²) in [6.45, 7) is 7.27. The molecule has 0 amide bonds. The van der Waals surface area contributed by atoms with E-state index >= 15 is 0 Å². The number of carbonyl (C=O) groups is 1. The first-order chi connectivity index (χ1) is 10.2. The number of carboxylic acids is 1. The highest BCUT2D eigenvalue weighted by Gasteiger charge is 2.13. The largest absolute Gasteiger partial charge is 0.481 e. The molecule has 2 heterocycles. The van der Waals surface area contributed by atoms with Crippen LogP contribution in [0.4, 0.5) is 0 Å². The standard InChI is InChI=1S/C12H24O2.C3H6O.C2H4O/c1-2-3-4-5-6-7-8-9-10-11-12(13)14;1-3-2-4-3;1-2-3-1/h2-11H2,1H3,(H,13,14);3H,2H2,1H3;1-2H2. The molecule has 0 aromatic rings. The molecule has 0 aliphatic carbocycles. The Morgan fingerprint density at radius 1 is 1.00 bits per heavy atom. The van der Waals surface area contributed by atoms with E-state index in [0.717, 1.165) is 32.7 Å². The van der Waals surface area contributed by atoms with Crippen LogP contribution in [0.2, 0.25) is 0 Å². The Labute approximate surface area is 130 Å². The Bertz CT molecular complexity index is 222. The Kier molecular flexibility index (Phi) is 15.3. The molecule has 0 aromatic heterocycles. The molecule has 0 spiro atoms. The fraction of sp³-hybridized carbons (Fsp3) is 0.941. The van der Waals surface area contributed by atoms with Crippen LogP contribution < -0.4 is 0 Å². The summed E-state index contributed by atoms with van der Waals surface area (Å²) in [6.07, 6.45) is 12.1. The molecule has 0 aromatic carbocycles. The number of carboxylic acid groups (broad SMARTS) is 1. The lowest BCUT2D eigenvalue weighted by Gasteiger charge is -2.00. The summed E-state index contributed by atoms with van der Waals surface area (Å²) in [5, 5.41) is 8.41. The number of rotatable bonds is 10. The zero-order chi connectivity index (χ0) is 15.8. The molecule has 0 saturated carbocycles. The monoisotopic (exact) mass is 302 g/mol. The van der Waals surface area contributed by atoms with Gasteiger partial charge in [-0.05, 0) is 13.3 Å². The second kappa shape index (κ2) is 15.8. The maximum atomic E-state index is 10.2. The molecule has 2 aliphatic heterocycles. The van der Waals surface area contributed by atoms with Gasteiger partial charge in [-0.25, -0.2) is 0 Å². The van der Waals surface area contributed by atoms with Crippen LogP contribution in [0.5, 0.6) is 0 Å². The molecule has 1 N–H and O–H groups in total. The van der Waals surface area contributed by atoms with E-state index in [9.17, 15) is 4.79 Å². The lowest BCUT2D eigenvalue weighted by molar-refractivity contribution is -0.137. The lowest BCUT2D eigenvalue weighted by Crippen LogP contribution is -1.93. The van der Waals surface area contributed by atoms with Crippen molar-refractivity contribution in [1.29, 1.82) is 0 Å². The lowest BCUT2D eigenvalue weighted by atomic mass is 10.1. The van der Waals surface area contributed by atoms with Gasteiger partial charge in [0.2, 0.25) is 0 Å². The minimum atomic E-state index is -0.659. The van der Waals surface area contributed by atoms with Crippen LogP contribution in [0.25, 0.3) is 0 Å². The van der Waals surface area contributed by atoms with Crippen molar-refractivity contribution in [2.24, 2.45) is 0 Å². The van der Waals surface area contributed by atoms with Crippen LogP contribution in [0, 0.1) is 0 Å². The van der Waals surface area contributed by atoms with Gasteiger partial charge in [-0.2, -0.15) is 0 Å². The molecule has 1 unspecified atom stereocenters. The highest BCUT2D eigenvalue weighted by atomic mass is 16.6. The number of aliphatic carboxylic acids is 1. The second-order valence-electron chi connectivity index (χ2n) is 5.73. The molecule has 0 radical (unpaired) electrons. The molecular weight excluding hydrogens is 268 g/mol. The summed E-state index contributed by atoms with van der Waals surface area (Å²) in [5.74, 6) is -0.659. The molecule has 2 rings (SSSR count). The van der Waals surface area contributed by atoms with Crippen LogP contribution in [0.15, 0.2) is 0 Å². The van der Waals surface area contributed by atoms with Gasteiger partial charge in [-0.3, -0.25) is 4.79 Å². The van der Waals surface area contributed by atoms with E-state index in [1.54, 1.807) is 0 Å². The highest BCUT2D eigenvalue weighted by Crippen LogP contribution is 2.10. The molecule has 1 atom stereocenters. The predicted molar refractivity (Wildman–Crippen MR) is 85.7 cm³/mol. The van der Waals surface area contributed by atoms with Crippen LogP contribution in [0.3, 0.4) is 0 Å². The minimum Gasteiger partial charge on any atom is -0.481 e. The van der Waals surface area contributed by atoms with Crippen LogP contribution in [-0.4, -0.2) is 37.0 Å². The van der Waals surface area contributed by atoms with Gasteiger partial charge in [-0.15, -0.1) is 0 Å². The number of unbranched alkanes of at least 4 members (excludes halogenated alkanes) is 8. The summed E-state index contributed by atoms with van der Waals surface area (Å²) < 4.78 is 9.21. The average Bonchev–Trinajstić information content (AvgIpc) is 3.31. The average molecular weight is 302 g/mol. The van der Waals surface area contributed by atoms with Crippen molar-refractivity contribution >= 4 is 5.97 Å². The van der Waals surface area contributed by atoms with Crippen molar-refractivity contribution in [2.45, 2.75) is 84.2 Å². The fourth-order valence-electron chi connectivity index (χ4n) is 1.68. The SMILES string of the molecule is C1CO1.CC1CO1.CCCCCCCCCCCC(=O)O. The van der Waals surface area contributed by atoms with E-state index in [2.05, 4.69) is 18.6 Å². The van der Waals surface area contributed by atoms with Crippen molar-refractivity contribution in [2.75, 3.05) is 19.8 Å². The van der Waals surface area contributed by atoms with E-state index in [-0.39, 0.29) is 0 Å². The second-order valence-corrected chi connectivity index (χ2v) is 5.73. The zero-order valence-corrected chi connectivity index (χ0v) is 13.9. The van der Waals surface area contributed by atoms with E-state index in [1.165, 1.54) is 44.9 Å². The molecule has 4 heteroatoms. The Balaban J connectivity index is 0.000000452. The van der Waals surface area contributed by atoms with Gasteiger partial charge in [0.15, 0.2) is 0 Å². The van der Waals surface area contributed by atoms with Crippen LogP contribution in [0.1, 0.15) is 78.1 Å². The summed E-state index contributed by atoms with van der Waals surface area (Å²) >= 11 is 0. The third-order valence-electron chi connectivity index (χ3n) is 3.20. The van der Waals surface area contributed by atoms with E-state index < -0.39 is 5.97 Å². The van der Waals surface area contributed by atoms with Gasteiger partial charge in [0.1, 0.15) is 0 Å². The van der Waals surface area contributed by atoms with E-state index in [1.807, 2.05) is 0 Å². The van der Waals surface area contributed by atoms with Crippen LogP contribution in [-0.2, 0) is 14.3 Å². The maximum absolute atomic E-state index is 10.2. The van der Waals surface area contributed by atoms with Gasteiger partial charge in [0.25, 0.3) is 0 Å². The Morgan fingerprint density at radius 2 is 1.38 bits per heavy atom. The summed E-state index contributed by atoms with van der Waals surface area (Å²) in [7, 11) is 0. The number of epoxide rings is 2. The summed E-state index contributed by atoms with van der Waals surface area (Å²) in [6, 6.07) is 0. The quantitative estimate of drug-likeness (QED) is 0.479. The first kappa shape index (κ1) is 20.4. The number of hydrogen-bond donors (Lipinski definition) is 1. The third kappa shape index (κ3) is 28.3. The van der Waals surface area contributed by atoms with Crippen LogP contribution >= 0.6 is 0 Å². The number of hydrogen-bond acceptors (Lipinski definition) is 3. The minimum absolute atomic E-state index is 0.343. The van der Waals surface area contributed by atoms with Gasteiger partial charge in [0, 0.05) is 6.42 Å². The molecule has 0 bridgehead atoms. The fourth-order valence-corrected chi connectivity index (χ4v) is 1.68. The molecule has 126 valence electrons. The van der Waals surface area contributed by atoms with Gasteiger partial charge >= 0.3 is 5.97 Å². The van der Waals surface area contributed by atoms with Gasteiger partial charge in [0.05, 0.1) is 25.9 Å². The van der Waals surface area contributed by atoms with Crippen molar-refractivity contribution in [3.8, 4) is 0 Å². The van der Waals surface area contributed by atoms with E-state index in [4.69, 9.17) is 9.84 Å². The third-order valence-corrected chi connectivity index (χ3v) is 3.20. The Hall–Kier alpha value is -0.610. The van der Waals surface area contributed by atoms with Crippen molar-refractivity contribution in [3.05, 3.63) is 0 Å². The smallest absolute Gasteiger partial charge is 0.303 e. The highest BCUT2D eigenvalue weighted by molar-refractivity contribution is 5.66. The molecule has 21 heavy (non-hydrogen) atoms. The van der Waals surface area contributed by atoms with E-state index in [0.29, 0.717) is 12.5 Å². The van der Waals surface area contributed by atoms with Gasteiger partial charge < -0.3 is 14.6 Å². The first-order valence-corrected chi connectivity index (χ1v) is 8.58. The number of ether oxygens (including phenoxy) is 2. The Morgan fingerprint density at radius 3 is 1.67 bits per heavy atom. The molecule has 2 saturated heterocycles. The first-order valence-electron chi connectivity index (χ1n) is 8.58. The maximum Gasteiger partial charge on any atom is 0.303 e. The normalized spacial score (nSPS) is 17.9. The molecule has 4 nitrogen and oxygen atoms in total.